The molecule has 1 aliphatic heterocycles. The molecule has 152 valence electrons. The molecule has 6 nitrogen and oxygen atoms in total. The van der Waals surface area contributed by atoms with Gasteiger partial charge in [-0.15, -0.1) is 19.8 Å². The van der Waals surface area contributed by atoms with Crippen LogP contribution in [0.4, 0.5) is 13.2 Å². The zero-order valence-electron chi connectivity index (χ0n) is 15.9. The lowest BCUT2D eigenvalue weighted by molar-refractivity contribution is -0.274. The number of imidazole rings is 1. The summed E-state index contributed by atoms with van der Waals surface area (Å²) in [6.07, 6.45) is -0.247. The molecule has 1 atom stereocenters. The lowest BCUT2D eigenvalue weighted by Gasteiger charge is -2.14. The van der Waals surface area contributed by atoms with Gasteiger partial charge >= 0.3 is 6.36 Å². The van der Waals surface area contributed by atoms with Crippen molar-refractivity contribution in [3.8, 4) is 17.0 Å². The van der Waals surface area contributed by atoms with Crippen LogP contribution in [0.1, 0.15) is 18.2 Å². The first-order chi connectivity index (χ1) is 13.8. The average Bonchev–Trinajstić information content (AvgIpc) is 3.28. The minimum Gasteiger partial charge on any atom is -0.406 e. The van der Waals surface area contributed by atoms with Gasteiger partial charge in [-0.25, -0.2) is 15.0 Å². The van der Waals surface area contributed by atoms with Gasteiger partial charge in [-0.3, -0.25) is 4.90 Å². The van der Waals surface area contributed by atoms with Crippen molar-refractivity contribution in [2.45, 2.75) is 18.7 Å². The Hall–Kier alpha value is -2.94. The summed E-state index contributed by atoms with van der Waals surface area (Å²) < 4.78 is 43.0. The number of benzene rings is 1. The van der Waals surface area contributed by atoms with E-state index in [0.29, 0.717) is 22.4 Å². The van der Waals surface area contributed by atoms with Crippen LogP contribution in [0, 0.1) is 0 Å². The number of nitrogens with zero attached hydrogens (tertiary/aromatic N) is 5. The van der Waals surface area contributed by atoms with Gasteiger partial charge in [0.25, 0.3) is 0 Å². The van der Waals surface area contributed by atoms with Crippen LogP contribution < -0.4 is 4.74 Å². The van der Waals surface area contributed by atoms with E-state index in [1.807, 2.05) is 17.7 Å². The zero-order valence-corrected chi connectivity index (χ0v) is 15.9. The quantitative estimate of drug-likeness (QED) is 0.605. The molecule has 1 aliphatic rings. The topological polar surface area (TPSA) is 56.1 Å². The summed E-state index contributed by atoms with van der Waals surface area (Å²) in [7, 11) is 1.86. The van der Waals surface area contributed by atoms with Crippen LogP contribution in [-0.2, 0) is 7.05 Å². The first kappa shape index (κ1) is 19.4. The minimum absolute atomic E-state index is 0.181. The maximum Gasteiger partial charge on any atom is 0.573 e. The first-order valence-electron chi connectivity index (χ1n) is 9.22. The fraction of sp³-hybridized carbons (Fsp3) is 0.350. The van der Waals surface area contributed by atoms with Crippen molar-refractivity contribution in [1.82, 2.24) is 24.4 Å². The molecular weight excluding hydrogens is 383 g/mol. The fourth-order valence-corrected chi connectivity index (χ4v) is 3.61. The maximum absolute atomic E-state index is 12.4. The minimum atomic E-state index is -4.72. The van der Waals surface area contributed by atoms with E-state index < -0.39 is 6.36 Å². The van der Waals surface area contributed by atoms with Crippen LogP contribution in [-0.4, -0.2) is 50.4 Å². The summed E-state index contributed by atoms with van der Waals surface area (Å²) in [5.41, 5.74) is 2.57. The van der Waals surface area contributed by atoms with E-state index in [1.54, 1.807) is 18.5 Å². The Morgan fingerprint density at radius 2 is 2.00 bits per heavy atom. The van der Waals surface area contributed by atoms with E-state index in [4.69, 9.17) is 9.97 Å². The molecule has 0 aliphatic carbocycles. The third-order valence-corrected chi connectivity index (χ3v) is 4.96. The van der Waals surface area contributed by atoms with Gasteiger partial charge < -0.3 is 9.30 Å². The third kappa shape index (κ3) is 4.09. The van der Waals surface area contributed by atoms with Crippen molar-refractivity contribution in [3.63, 3.8) is 0 Å². The van der Waals surface area contributed by atoms with Crippen LogP contribution in [0.5, 0.6) is 5.75 Å². The SMILES string of the molecule is C=CCN1CC[C@@H](c2nc(-c3ccc(OC(F)(F)F)cc3)c3ncn(C)c3n2)C1. The second-order valence-corrected chi connectivity index (χ2v) is 7.06. The van der Waals surface area contributed by atoms with Crippen LogP contribution in [0.15, 0.2) is 43.2 Å². The average molecular weight is 403 g/mol. The van der Waals surface area contributed by atoms with E-state index in [2.05, 4.69) is 21.2 Å². The van der Waals surface area contributed by atoms with Crippen molar-refractivity contribution in [1.29, 1.82) is 0 Å². The van der Waals surface area contributed by atoms with Gasteiger partial charge in [0.2, 0.25) is 0 Å². The number of fused-ring (bicyclic) bond motifs is 1. The number of ether oxygens (including phenoxy) is 1. The molecule has 0 spiro atoms. The highest BCUT2D eigenvalue weighted by Crippen LogP contribution is 2.32. The molecular formula is C20H20F3N5O. The number of aryl methyl sites for hydroxylation is 1. The molecule has 2 aromatic heterocycles. The van der Waals surface area contributed by atoms with E-state index in [0.717, 1.165) is 31.9 Å². The van der Waals surface area contributed by atoms with Gasteiger partial charge in [0.1, 0.15) is 22.8 Å². The lowest BCUT2D eigenvalue weighted by Crippen LogP contribution is -2.20. The van der Waals surface area contributed by atoms with Crippen LogP contribution in [0.3, 0.4) is 0 Å². The molecule has 4 rings (SSSR count). The molecule has 1 aromatic carbocycles. The molecule has 0 unspecified atom stereocenters. The third-order valence-electron chi connectivity index (χ3n) is 4.96. The molecule has 0 radical (unpaired) electrons. The van der Waals surface area contributed by atoms with Gasteiger partial charge in [-0.1, -0.05) is 6.08 Å². The normalized spacial score (nSPS) is 17.7. The summed E-state index contributed by atoms with van der Waals surface area (Å²) in [6, 6.07) is 5.67. The van der Waals surface area contributed by atoms with Crippen molar-refractivity contribution >= 4 is 11.2 Å². The van der Waals surface area contributed by atoms with Gasteiger partial charge in [-0.2, -0.15) is 0 Å². The molecule has 3 heterocycles. The number of alkyl halides is 3. The maximum atomic E-state index is 12.4. The Kier molecular flexibility index (Phi) is 4.99. The second-order valence-electron chi connectivity index (χ2n) is 7.06. The van der Waals surface area contributed by atoms with E-state index in [-0.39, 0.29) is 11.7 Å². The number of halogens is 3. The molecule has 3 aromatic rings. The fourth-order valence-electron chi connectivity index (χ4n) is 3.61. The molecule has 0 N–H and O–H groups in total. The molecule has 0 saturated carbocycles. The molecule has 0 bridgehead atoms. The van der Waals surface area contributed by atoms with Crippen LogP contribution in [0.25, 0.3) is 22.4 Å². The number of rotatable bonds is 5. The zero-order chi connectivity index (χ0) is 20.6. The molecule has 1 saturated heterocycles. The standard InChI is InChI=1S/C20H20F3N5O/c1-3-9-28-10-8-14(11-28)18-25-16(17-19(26-18)27(2)12-24-17)13-4-6-15(7-5-13)29-20(21,22)23/h3-7,12,14H,1,8-11H2,2H3/t14-/m1/s1. The highest BCUT2D eigenvalue weighted by atomic mass is 19.4. The Morgan fingerprint density at radius 3 is 2.69 bits per heavy atom. The Labute approximate surface area is 165 Å². The molecule has 9 heteroatoms. The molecule has 0 amide bonds. The predicted molar refractivity (Wildman–Crippen MR) is 102 cm³/mol. The predicted octanol–water partition coefficient (Wildman–Crippen LogP) is 3.90. The Balaban J connectivity index is 1.71. The van der Waals surface area contributed by atoms with Crippen LogP contribution >= 0.6 is 0 Å². The molecule has 29 heavy (non-hydrogen) atoms. The largest absolute Gasteiger partial charge is 0.573 e. The van der Waals surface area contributed by atoms with Crippen molar-refractivity contribution in [3.05, 3.63) is 49.1 Å². The van der Waals surface area contributed by atoms with E-state index >= 15 is 0 Å². The summed E-state index contributed by atoms with van der Waals surface area (Å²) in [4.78, 5) is 16.2. The van der Waals surface area contributed by atoms with Crippen molar-refractivity contribution in [2.75, 3.05) is 19.6 Å². The number of hydrogen-bond acceptors (Lipinski definition) is 5. The Bertz CT molecular complexity index is 1030. The summed E-state index contributed by atoms with van der Waals surface area (Å²) in [5.74, 6) is 0.628. The van der Waals surface area contributed by atoms with Gasteiger partial charge in [0.15, 0.2) is 5.65 Å². The van der Waals surface area contributed by atoms with Gasteiger partial charge in [-0.05, 0) is 37.2 Å². The van der Waals surface area contributed by atoms with Crippen LogP contribution in [0.2, 0.25) is 0 Å². The number of aromatic nitrogens is 4. The summed E-state index contributed by atoms with van der Waals surface area (Å²) in [5, 5.41) is 0. The van der Waals surface area contributed by atoms with E-state index in [1.165, 1.54) is 12.1 Å². The van der Waals surface area contributed by atoms with Crippen molar-refractivity contribution in [2.24, 2.45) is 7.05 Å². The summed E-state index contributed by atoms with van der Waals surface area (Å²) in [6.45, 7) is 6.39. The number of likely N-dealkylation sites (tertiary alicyclic amines) is 1. The van der Waals surface area contributed by atoms with Gasteiger partial charge in [0.05, 0.1) is 6.33 Å². The number of hydrogen-bond donors (Lipinski definition) is 0. The monoisotopic (exact) mass is 403 g/mol. The lowest BCUT2D eigenvalue weighted by atomic mass is 10.1. The Morgan fingerprint density at radius 1 is 1.24 bits per heavy atom. The smallest absolute Gasteiger partial charge is 0.406 e. The van der Waals surface area contributed by atoms with Crippen molar-refractivity contribution < 1.29 is 17.9 Å². The highest BCUT2D eigenvalue weighted by Gasteiger charge is 2.31. The second kappa shape index (κ2) is 7.47. The van der Waals surface area contributed by atoms with Gasteiger partial charge in [0, 0.05) is 31.6 Å². The summed E-state index contributed by atoms with van der Waals surface area (Å²) >= 11 is 0. The van der Waals surface area contributed by atoms with E-state index in [9.17, 15) is 13.2 Å². The molecule has 1 fully saturated rings. The first-order valence-corrected chi connectivity index (χ1v) is 9.22. The highest BCUT2D eigenvalue weighted by molar-refractivity contribution is 5.87.